The summed E-state index contributed by atoms with van der Waals surface area (Å²) in [5.74, 6) is 0.218. The summed E-state index contributed by atoms with van der Waals surface area (Å²) in [6.45, 7) is 1.75. The van der Waals surface area contributed by atoms with Crippen LogP contribution in [0.15, 0.2) is 48.5 Å². The van der Waals surface area contributed by atoms with Gasteiger partial charge in [-0.1, -0.05) is 42.8 Å². The van der Waals surface area contributed by atoms with E-state index in [9.17, 15) is 9.50 Å². The lowest BCUT2D eigenvalue weighted by Crippen LogP contribution is -2.26. The Balaban J connectivity index is 2.07. The molecule has 2 aromatic rings. The standard InChI is InChI=1S/C18H19FO/c1-18(20,14-8-5-9-15(19)12-14)17-11-3-2-10-16(17)13-6-4-7-13/h2-3,5,8-13,20H,4,6-7H2,1H3. The van der Waals surface area contributed by atoms with Gasteiger partial charge < -0.3 is 5.11 Å². The summed E-state index contributed by atoms with van der Waals surface area (Å²) in [6, 6.07) is 14.2. The molecule has 1 saturated carbocycles. The Morgan fingerprint density at radius 3 is 2.50 bits per heavy atom. The van der Waals surface area contributed by atoms with Gasteiger partial charge >= 0.3 is 0 Å². The maximum Gasteiger partial charge on any atom is 0.123 e. The number of halogens is 1. The molecule has 0 radical (unpaired) electrons. The van der Waals surface area contributed by atoms with Crippen LogP contribution in [-0.4, -0.2) is 5.11 Å². The van der Waals surface area contributed by atoms with E-state index < -0.39 is 5.60 Å². The molecule has 20 heavy (non-hydrogen) atoms. The first-order valence-corrected chi connectivity index (χ1v) is 7.17. The lowest BCUT2D eigenvalue weighted by molar-refractivity contribution is 0.0997. The first-order valence-electron chi connectivity index (χ1n) is 7.17. The highest BCUT2D eigenvalue weighted by atomic mass is 19.1. The lowest BCUT2D eigenvalue weighted by Gasteiger charge is -2.33. The molecule has 0 heterocycles. The van der Waals surface area contributed by atoms with E-state index in [4.69, 9.17) is 0 Å². The average molecular weight is 270 g/mol. The van der Waals surface area contributed by atoms with Crippen LogP contribution in [0.3, 0.4) is 0 Å². The summed E-state index contributed by atoms with van der Waals surface area (Å²) >= 11 is 0. The third-order valence-electron chi connectivity index (χ3n) is 4.42. The molecule has 1 aliphatic carbocycles. The minimum Gasteiger partial charge on any atom is -0.381 e. The summed E-state index contributed by atoms with van der Waals surface area (Å²) in [6.07, 6.45) is 3.60. The van der Waals surface area contributed by atoms with Crippen LogP contribution in [0, 0.1) is 5.82 Å². The molecule has 2 aromatic carbocycles. The topological polar surface area (TPSA) is 20.2 Å². The van der Waals surface area contributed by atoms with E-state index in [1.807, 2.05) is 18.2 Å². The molecule has 0 spiro atoms. The second-order valence-electron chi connectivity index (χ2n) is 5.80. The second kappa shape index (κ2) is 5.02. The summed E-state index contributed by atoms with van der Waals surface area (Å²) in [4.78, 5) is 0. The van der Waals surface area contributed by atoms with E-state index >= 15 is 0 Å². The van der Waals surface area contributed by atoms with Crippen LogP contribution in [0.2, 0.25) is 0 Å². The van der Waals surface area contributed by atoms with Gasteiger partial charge in [0.15, 0.2) is 0 Å². The highest BCUT2D eigenvalue weighted by molar-refractivity contribution is 5.42. The Kier molecular flexibility index (Phi) is 3.35. The van der Waals surface area contributed by atoms with E-state index in [-0.39, 0.29) is 5.82 Å². The van der Waals surface area contributed by atoms with E-state index in [0.29, 0.717) is 11.5 Å². The van der Waals surface area contributed by atoms with Gasteiger partial charge in [0.05, 0.1) is 0 Å². The predicted molar refractivity (Wildman–Crippen MR) is 78.1 cm³/mol. The number of rotatable bonds is 3. The van der Waals surface area contributed by atoms with Crippen molar-refractivity contribution in [1.82, 2.24) is 0 Å². The molecule has 0 aliphatic heterocycles. The third-order valence-corrected chi connectivity index (χ3v) is 4.42. The Bertz CT molecular complexity index is 614. The van der Waals surface area contributed by atoms with Crippen LogP contribution in [0.4, 0.5) is 4.39 Å². The van der Waals surface area contributed by atoms with Crippen molar-refractivity contribution in [3.8, 4) is 0 Å². The van der Waals surface area contributed by atoms with Gasteiger partial charge in [0, 0.05) is 0 Å². The second-order valence-corrected chi connectivity index (χ2v) is 5.80. The van der Waals surface area contributed by atoms with Gasteiger partial charge in [-0.2, -0.15) is 0 Å². The quantitative estimate of drug-likeness (QED) is 0.879. The maximum absolute atomic E-state index is 13.4. The average Bonchev–Trinajstić information content (AvgIpc) is 2.37. The van der Waals surface area contributed by atoms with Gasteiger partial charge in [0.2, 0.25) is 0 Å². The van der Waals surface area contributed by atoms with Crippen LogP contribution in [-0.2, 0) is 5.60 Å². The zero-order chi connectivity index (χ0) is 14.2. The van der Waals surface area contributed by atoms with Gasteiger partial charge in [-0.25, -0.2) is 4.39 Å². The zero-order valence-electron chi connectivity index (χ0n) is 11.6. The van der Waals surface area contributed by atoms with Crippen molar-refractivity contribution in [1.29, 1.82) is 0 Å². The van der Waals surface area contributed by atoms with Crippen molar-refractivity contribution in [2.45, 2.75) is 37.7 Å². The highest BCUT2D eigenvalue weighted by Gasteiger charge is 2.32. The van der Waals surface area contributed by atoms with Crippen molar-refractivity contribution in [3.63, 3.8) is 0 Å². The largest absolute Gasteiger partial charge is 0.381 e. The number of aliphatic hydroxyl groups is 1. The fourth-order valence-electron chi connectivity index (χ4n) is 2.96. The van der Waals surface area contributed by atoms with Crippen LogP contribution >= 0.6 is 0 Å². The number of hydrogen-bond donors (Lipinski definition) is 1. The molecular formula is C18H19FO. The van der Waals surface area contributed by atoms with Crippen molar-refractivity contribution >= 4 is 0 Å². The fraction of sp³-hybridized carbons (Fsp3) is 0.333. The van der Waals surface area contributed by atoms with E-state index in [1.54, 1.807) is 19.1 Å². The van der Waals surface area contributed by atoms with Crippen LogP contribution in [0.1, 0.15) is 48.8 Å². The molecule has 1 aliphatic rings. The summed E-state index contributed by atoms with van der Waals surface area (Å²) in [5, 5.41) is 11.0. The molecule has 104 valence electrons. The molecular weight excluding hydrogens is 251 g/mol. The first kappa shape index (κ1) is 13.3. The fourth-order valence-corrected chi connectivity index (χ4v) is 2.96. The molecule has 0 amide bonds. The van der Waals surface area contributed by atoms with Gasteiger partial charge in [-0.3, -0.25) is 0 Å². The molecule has 0 aromatic heterocycles. The Labute approximate surface area is 119 Å². The van der Waals surface area contributed by atoms with Crippen LogP contribution in [0.5, 0.6) is 0 Å². The van der Waals surface area contributed by atoms with Crippen molar-refractivity contribution in [2.75, 3.05) is 0 Å². The molecule has 1 fully saturated rings. The minimum absolute atomic E-state index is 0.316. The summed E-state index contributed by atoms with van der Waals surface area (Å²) in [5.41, 5.74) is 1.54. The zero-order valence-corrected chi connectivity index (χ0v) is 11.6. The van der Waals surface area contributed by atoms with Gasteiger partial charge in [-0.05, 0) is 54.5 Å². The number of benzene rings is 2. The molecule has 0 saturated heterocycles. The summed E-state index contributed by atoms with van der Waals surface area (Å²) < 4.78 is 13.4. The molecule has 1 N–H and O–H groups in total. The third kappa shape index (κ3) is 2.25. The van der Waals surface area contributed by atoms with E-state index in [1.165, 1.54) is 37.0 Å². The Morgan fingerprint density at radius 1 is 1.10 bits per heavy atom. The van der Waals surface area contributed by atoms with Crippen molar-refractivity contribution in [2.24, 2.45) is 0 Å². The molecule has 2 heteroatoms. The SMILES string of the molecule is CC(O)(c1cccc(F)c1)c1ccccc1C1CCC1. The lowest BCUT2D eigenvalue weighted by atomic mass is 9.74. The van der Waals surface area contributed by atoms with Gasteiger partial charge in [-0.15, -0.1) is 0 Å². The van der Waals surface area contributed by atoms with E-state index in [2.05, 4.69) is 6.07 Å². The number of hydrogen-bond acceptors (Lipinski definition) is 1. The monoisotopic (exact) mass is 270 g/mol. The minimum atomic E-state index is -1.16. The Hall–Kier alpha value is -1.67. The van der Waals surface area contributed by atoms with Gasteiger partial charge in [0.1, 0.15) is 11.4 Å². The molecule has 1 atom stereocenters. The smallest absolute Gasteiger partial charge is 0.123 e. The van der Waals surface area contributed by atoms with E-state index in [0.717, 1.165) is 5.56 Å². The van der Waals surface area contributed by atoms with Crippen LogP contribution in [0.25, 0.3) is 0 Å². The van der Waals surface area contributed by atoms with Gasteiger partial charge in [0.25, 0.3) is 0 Å². The summed E-state index contributed by atoms with van der Waals surface area (Å²) in [7, 11) is 0. The maximum atomic E-state index is 13.4. The predicted octanol–water partition coefficient (Wildman–Crippen LogP) is 4.35. The molecule has 3 rings (SSSR count). The highest BCUT2D eigenvalue weighted by Crippen LogP contribution is 2.42. The first-order chi connectivity index (χ1) is 9.59. The van der Waals surface area contributed by atoms with Crippen molar-refractivity contribution in [3.05, 3.63) is 71.0 Å². The normalized spacial score (nSPS) is 18.4. The molecule has 0 bridgehead atoms. The van der Waals surface area contributed by atoms with Crippen LogP contribution < -0.4 is 0 Å². The molecule has 1 unspecified atom stereocenters. The Morgan fingerprint density at radius 2 is 1.85 bits per heavy atom. The molecule has 1 nitrogen and oxygen atoms in total. The van der Waals surface area contributed by atoms with Crippen molar-refractivity contribution < 1.29 is 9.50 Å².